The number of halogens is 1. The van der Waals surface area contributed by atoms with Gasteiger partial charge in [0.2, 0.25) is 0 Å². The Hall–Kier alpha value is -0.0500. The van der Waals surface area contributed by atoms with Gasteiger partial charge in [0.1, 0.15) is 0 Å². The molecule has 0 saturated heterocycles. The van der Waals surface area contributed by atoms with Gasteiger partial charge in [-0.15, -0.1) is 6.58 Å². The average Bonchev–Trinajstić information content (AvgIpc) is 2.17. The molecule has 1 aliphatic rings. The smallest absolute Gasteiger partial charge is 0.00909 e. The Balaban J connectivity index is 2.67. The second-order valence-corrected chi connectivity index (χ2v) is 5.12. The summed E-state index contributed by atoms with van der Waals surface area (Å²) < 4.78 is 1.47. The van der Waals surface area contributed by atoms with Gasteiger partial charge in [-0.3, -0.25) is 0 Å². The summed E-state index contributed by atoms with van der Waals surface area (Å²) in [5.74, 6) is 1.24. The molecular formula is C12H17I. The highest BCUT2D eigenvalue weighted by Gasteiger charge is 2.15. The van der Waals surface area contributed by atoms with E-state index in [1.54, 1.807) is 5.57 Å². The highest BCUT2D eigenvalue weighted by Crippen LogP contribution is 2.31. The van der Waals surface area contributed by atoms with Crippen molar-refractivity contribution in [3.63, 3.8) is 0 Å². The van der Waals surface area contributed by atoms with E-state index >= 15 is 0 Å². The Kier molecular flexibility index (Phi) is 4.23. The first-order valence-electron chi connectivity index (χ1n) is 4.83. The van der Waals surface area contributed by atoms with E-state index in [0.29, 0.717) is 11.8 Å². The molecule has 0 radical (unpaired) electrons. The largest absolute Gasteiger partial charge is 0.103 e. The predicted molar refractivity (Wildman–Crippen MR) is 67.9 cm³/mol. The van der Waals surface area contributed by atoms with E-state index in [-0.39, 0.29) is 0 Å². The minimum absolute atomic E-state index is 0.593. The maximum Gasteiger partial charge on any atom is -0.00909 e. The normalized spacial score (nSPS) is 21.5. The lowest BCUT2D eigenvalue weighted by Gasteiger charge is -2.22. The lowest BCUT2D eigenvalue weighted by Crippen LogP contribution is -2.09. The van der Waals surface area contributed by atoms with E-state index in [0.717, 1.165) is 0 Å². The number of allylic oxidation sites excluding steroid dienone is 5. The maximum absolute atomic E-state index is 3.85. The van der Waals surface area contributed by atoms with Gasteiger partial charge in [0.25, 0.3) is 0 Å². The van der Waals surface area contributed by atoms with Gasteiger partial charge < -0.3 is 0 Å². The van der Waals surface area contributed by atoms with Crippen LogP contribution >= 0.6 is 22.6 Å². The first-order chi connectivity index (χ1) is 6.15. The number of rotatable bonds is 3. The van der Waals surface area contributed by atoms with Crippen molar-refractivity contribution in [1.29, 1.82) is 0 Å². The van der Waals surface area contributed by atoms with Gasteiger partial charge in [-0.1, -0.05) is 37.6 Å². The van der Waals surface area contributed by atoms with Crippen LogP contribution in [0.3, 0.4) is 0 Å². The second kappa shape index (κ2) is 4.99. The van der Waals surface area contributed by atoms with E-state index in [1.807, 2.05) is 0 Å². The minimum Gasteiger partial charge on any atom is -0.103 e. The van der Waals surface area contributed by atoms with Gasteiger partial charge in [0.15, 0.2) is 0 Å². The maximum atomic E-state index is 3.85. The van der Waals surface area contributed by atoms with Crippen molar-refractivity contribution >= 4 is 22.6 Å². The molecule has 13 heavy (non-hydrogen) atoms. The van der Waals surface area contributed by atoms with Crippen LogP contribution in [0.4, 0.5) is 0 Å². The SMILES string of the molecule is C=C[C@H](C)C(C)C1=CC=C(I)CC1. The third-order valence-electron chi connectivity index (χ3n) is 2.88. The third-order valence-corrected chi connectivity index (χ3v) is 3.78. The van der Waals surface area contributed by atoms with Crippen LogP contribution in [0.25, 0.3) is 0 Å². The lowest BCUT2D eigenvalue weighted by molar-refractivity contribution is 0.512. The van der Waals surface area contributed by atoms with Crippen molar-refractivity contribution in [3.8, 4) is 0 Å². The standard InChI is InChI=1S/C12H17I/c1-4-9(2)10(3)11-5-7-12(13)8-6-11/h4-5,7,9-10H,1,6,8H2,2-3H3/t9-,10?/m0/s1. The topological polar surface area (TPSA) is 0 Å². The molecule has 0 fully saturated rings. The Morgan fingerprint density at radius 3 is 2.54 bits per heavy atom. The Morgan fingerprint density at radius 2 is 2.08 bits per heavy atom. The van der Waals surface area contributed by atoms with Crippen LogP contribution in [-0.2, 0) is 0 Å². The molecule has 0 saturated carbocycles. The molecule has 1 rings (SSSR count). The van der Waals surface area contributed by atoms with E-state index in [1.165, 1.54) is 16.4 Å². The fourth-order valence-electron chi connectivity index (χ4n) is 1.55. The van der Waals surface area contributed by atoms with Crippen LogP contribution in [0.1, 0.15) is 26.7 Å². The number of hydrogen-bond donors (Lipinski definition) is 0. The van der Waals surface area contributed by atoms with E-state index in [9.17, 15) is 0 Å². The summed E-state index contributed by atoms with van der Waals surface area (Å²) in [4.78, 5) is 0. The van der Waals surface area contributed by atoms with Gasteiger partial charge >= 0.3 is 0 Å². The Morgan fingerprint density at radius 1 is 1.38 bits per heavy atom. The Bertz CT molecular complexity index is 248. The molecule has 1 heteroatoms. The Labute approximate surface area is 94.9 Å². The van der Waals surface area contributed by atoms with E-state index in [2.05, 4.69) is 61.2 Å². The van der Waals surface area contributed by atoms with Gasteiger partial charge in [0.05, 0.1) is 0 Å². The minimum atomic E-state index is 0.593. The third kappa shape index (κ3) is 2.97. The van der Waals surface area contributed by atoms with Gasteiger partial charge in [-0.2, -0.15) is 0 Å². The second-order valence-electron chi connectivity index (χ2n) is 3.74. The molecule has 0 aliphatic heterocycles. The highest BCUT2D eigenvalue weighted by atomic mass is 127. The van der Waals surface area contributed by atoms with Crippen LogP contribution < -0.4 is 0 Å². The van der Waals surface area contributed by atoms with Crippen molar-refractivity contribution in [1.82, 2.24) is 0 Å². The molecule has 0 aromatic heterocycles. The molecule has 72 valence electrons. The van der Waals surface area contributed by atoms with Crippen molar-refractivity contribution in [2.24, 2.45) is 11.8 Å². The highest BCUT2D eigenvalue weighted by molar-refractivity contribution is 14.1. The summed E-state index contributed by atoms with van der Waals surface area (Å²) in [6, 6.07) is 0. The van der Waals surface area contributed by atoms with Crippen LogP contribution in [-0.4, -0.2) is 0 Å². The zero-order valence-corrected chi connectivity index (χ0v) is 10.5. The first kappa shape index (κ1) is 11.0. The van der Waals surface area contributed by atoms with Crippen molar-refractivity contribution in [2.75, 3.05) is 0 Å². The molecular weight excluding hydrogens is 271 g/mol. The molecule has 2 atom stereocenters. The lowest BCUT2D eigenvalue weighted by atomic mass is 9.85. The van der Waals surface area contributed by atoms with Crippen molar-refractivity contribution in [2.45, 2.75) is 26.7 Å². The van der Waals surface area contributed by atoms with Crippen LogP contribution in [0.2, 0.25) is 0 Å². The summed E-state index contributed by atoms with van der Waals surface area (Å²) in [6.07, 6.45) is 9.03. The molecule has 0 nitrogen and oxygen atoms in total. The average molecular weight is 288 g/mol. The zero-order chi connectivity index (χ0) is 9.84. The summed E-state index contributed by atoms with van der Waals surface area (Å²) in [6.45, 7) is 8.38. The molecule has 0 amide bonds. The fraction of sp³-hybridized carbons (Fsp3) is 0.500. The molecule has 0 aromatic rings. The molecule has 0 bridgehead atoms. The quantitative estimate of drug-likeness (QED) is 0.530. The summed E-state index contributed by atoms with van der Waals surface area (Å²) >= 11 is 2.41. The van der Waals surface area contributed by atoms with E-state index in [4.69, 9.17) is 0 Å². The molecule has 1 aliphatic carbocycles. The van der Waals surface area contributed by atoms with Gasteiger partial charge in [0, 0.05) is 0 Å². The van der Waals surface area contributed by atoms with Crippen molar-refractivity contribution in [3.05, 3.63) is 34.0 Å². The van der Waals surface area contributed by atoms with E-state index < -0.39 is 0 Å². The van der Waals surface area contributed by atoms with Crippen molar-refractivity contribution < 1.29 is 0 Å². The molecule has 0 spiro atoms. The zero-order valence-electron chi connectivity index (χ0n) is 8.39. The van der Waals surface area contributed by atoms with Crippen LogP contribution in [0, 0.1) is 11.8 Å². The summed E-state index contributed by atoms with van der Waals surface area (Å²) in [5.41, 5.74) is 1.58. The number of hydrogen-bond acceptors (Lipinski definition) is 0. The first-order valence-corrected chi connectivity index (χ1v) is 5.90. The summed E-state index contributed by atoms with van der Waals surface area (Å²) in [5, 5.41) is 0. The van der Waals surface area contributed by atoms with Gasteiger partial charge in [-0.05, 0) is 50.8 Å². The molecule has 0 N–H and O–H groups in total. The fourth-order valence-corrected chi connectivity index (χ4v) is 2.00. The molecule has 1 unspecified atom stereocenters. The predicted octanol–water partition coefficient (Wildman–Crippen LogP) is 4.48. The van der Waals surface area contributed by atoms with Crippen LogP contribution in [0.5, 0.6) is 0 Å². The monoisotopic (exact) mass is 288 g/mol. The molecule has 0 aromatic carbocycles. The summed E-state index contributed by atoms with van der Waals surface area (Å²) in [7, 11) is 0. The van der Waals surface area contributed by atoms with Gasteiger partial charge in [-0.25, -0.2) is 0 Å². The van der Waals surface area contributed by atoms with Crippen LogP contribution in [0.15, 0.2) is 34.0 Å². The molecule has 0 heterocycles.